The van der Waals surface area contributed by atoms with E-state index in [0.717, 1.165) is 11.8 Å². The van der Waals surface area contributed by atoms with Crippen molar-refractivity contribution in [3.63, 3.8) is 0 Å². The van der Waals surface area contributed by atoms with E-state index in [-0.39, 0.29) is 28.9 Å². The van der Waals surface area contributed by atoms with E-state index in [1.165, 1.54) is 36.5 Å². The first kappa shape index (κ1) is 22.5. The van der Waals surface area contributed by atoms with Crippen LogP contribution in [0.1, 0.15) is 11.4 Å². The number of rotatable bonds is 6. The summed E-state index contributed by atoms with van der Waals surface area (Å²) in [5.41, 5.74) is 1.23. The van der Waals surface area contributed by atoms with Gasteiger partial charge in [-0.2, -0.15) is 0 Å². The summed E-state index contributed by atoms with van der Waals surface area (Å²) < 4.78 is 71.6. The molecule has 2 aromatic carbocycles. The van der Waals surface area contributed by atoms with Crippen LogP contribution in [0.4, 0.5) is 13.2 Å². The average molecular weight is 478 g/mol. The SMILES string of the molecule is Cc1nc(-c2ncc(-c3ccc(OC(F)(F)F)cc3)o2)nn1Cc1cccc(S(C)(=O)=O)c1. The Morgan fingerprint density at radius 2 is 1.85 bits per heavy atom. The van der Waals surface area contributed by atoms with Gasteiger partial charge in [-0.3, -0.25) is 0 Å². The van der Waals surface area contributed by atoms with Gasteiger partial charge in [-0.15, -0.1) is 18.3 Å². The van der Waals surface area contributed by atoms with Crippen molar-refractivity contribution in [3.8, 4) is 28.8 Å². The number of ether oxygens (including phenoxy) is 1. The summed E-state index contributed by atoms with van der Waals surface area (Å²) in [6.07, 6.45) is -2.21. The molecule has 0 unspecified atom stereocenters. The van der Waals surface area contributed by atoms with Gasteiger partial charge >= 0.3 is 6.36 Å². The molecular weight excluding hydrogens is 461 g/mol. The van der Waals surface area contributed by atoms with Gasteiger partial charge in [0.05, 0.1) is 17.6 Å². The quantitative estimate of drug-likeness (QED) is 0.408. The maximum absolute atomic E-state index is 12.3. The van der Waals surface area contributed by atoms with Crippen molar-refractivity contribution in [2.75, 3.05) is 6.26 Å². The molecule has 0 amide bonds. The second kappa shape index (κ2) is 8.35. The summed E-state index contributed by atoms with van der Waals surface area (Å²) in [5, 5.41) is 4.38. The summed E-state index contributed by atoms with van der Waals surface area (Å²) in [6, 6.07) is 11.7. The summed E-state index contributed by atoms with van der Waals surface area (Å²) >= 11 is 0. The van der Waals surface area contributed by atoms with Crippen molar-refractivity contribution in [2.24, 2.45) is 0 Å². The van der Waals surface area contributed by atoms with Gasteiger partial charge in [0.25, 0.3) is 5.89 Å². The molecule has 4 aromatic rings. The highest BCUT2D eigenvalue weighted by Gasteiger charge is 2.31. The van der Waals surface area contributed by atoms with Crippen molar-refractivity contribution in [3.05, 3.63) is 66.1 Å². The first-order valence-electron chi connectivity index (χ1n) is 9.51. The van der Waals surface area contributed by atoms with Gasteiger partial charge in [-0.1, -0.05) is 12.1 Å². The molecule has 0 spiro atoms. The predicted molar refractivity (Wildman–Crippen MR) is 111 cm³/mol. The van der Waals surface area contributed by atoms with Crippen molar-refractivity contribution in [1.29, 1.82) is 0 Å². The molecule has 172 valence electrons. The molecule has 0 atom stereocenters. The van der Waals surface area contributed by atoms with Gasteiger partial charge in [0.15, 0.2) is 15.6 Å². The van der Waals surface area contributed by atoms with Crippen LogP contribution < -0.4 is 4.74 Å². The number of aromatic nitrogens is 4. The third kappa shape index (κ3) is 5.40. The number of halogens is 3. The van der Waals surface area contributed by atoms with Crippen LogP contribution in [-0.2, 0) is 16.4 Å². The number of benzene rings is 2. The largest absolute Gasteiger partial charge is 0.573 e. The Kier molecular flexibility index (Phi) is 5.70. The molecule has 0 N–H and O–H groups in total. The number of oxazole rings is 1. The Bertz CT molecular complexity index is 1390. The minimum Gasteiger partial charge on any atom is -0.434 e. The maximum atomic E-state index is 12.3. The summed E-state index contributed by atoms with van der Waals surface area (Å²) in [4.78, 5) is 8.71. The number of alkyl halides is 3. The van der Waals surface area contributed by atoms with Crippen LogP contribution >= 0.6 is 0 Å². The Balaban J connectivity index is 1.53. The van der Waals surface area contributed by atoms with Gasteiger partial charge in [-0.25, -0.2) is 23.1 Å². The van der Waals surface area contributed by atoms with Crippen LogP contribution in [0.25, 0.3) is 23.0 Å². The molecule has 12 heteroatoms. The monoisotopic (exact) mass is 478 g/mol. The van der Waals surface area contributed by atoms with E-state index >= 15 is 0 Å². The molecule has 0 aliphatic rings. The van der Waals surface area contributed by atoms with E-state index in [1.807, 2.05) is 0 Å². The number of hydrogen-bond acceptors (Lipinski definition) is 7. The van der Waals surface area contributed by atoms with Crippen LogP contribution in [-0.4, -0.2) is 40.8 Å². The maximum Gasteiger partial charge on any atom is 0.573 e. The third-order valence-electron chi connectivity index (χ3n) is 4.59. The van der Waals surface area contributed by atoms with Gasteiger partial charge in [-0.05, 0) is 48.9 Å². The predicted octanol–water partition coefficient (Wildman–Crippen LogP) is 4.26. The van der Waals surface area contributed by atoms with Crippen LogP contribution in [0, 0.1) is 6.92 Å². The number of sulfone groups is 1. The standard InChI is InChI=1S/C21H17F3N4O4S/c1-13-26-19(27-28(13)12-14-4-3-5-17(10-14)33(2,29)30)20-25-11-18(31-20)15-6-8-16(9-7-15)32-21(22,23)24/h3-11H,12H2,1-2H3. The number of nitrogens with zero attached hydrogens (tertiary/aromatic N) is 4. The van der Waals surface area contributed by atoms with Crippen molar-refractivity contribution in [1.82, 2.24) is 19.7 Å². The van der Waals surface area contributed by atoms with Crippen LogP contribution in [0.15, 0.2) is 64.0 Å². The molecule has 0 saturated heterocycles. The molecular formula is C21H17F3N4O4S. The summed E-state index contributed by atoms with van der Waals surface area (Å²) in [6.45, 7) is 2.02. The minimum absolute atomic E-state index is 0.132. The Labute approximate surface area is 186 Å². The molecule has 0 fully saturated rings. The number of aryl methyl sites for hydroxylation is 1. The zero-order valence-electron chi connectivity index (χ0n) is 17.4. The molecule has 4 rings (SSSR count). The lowest BCUT2D eigenvalue weighted by Gasteiger charge is -2.08. The smallest absolute Gasteiger partial charge is 0.434 e. The Morgan fingerprint density at radius 3 is 2.52 bits per heavy atom. The highest BCUT2D eigenvalue weighted by atomic mass is 32.2. The zero-order valence-corrected chi connectivity index (χ0v) is 18.2. The fourth-order valence-corrected chi connectivity index (χ4v) is 3.73. The molecule has 0 bridgehead atoms. The average Bonchev–Trinajstić information content (AvgIpc) is 3.34. The molecule has 33 heavy (non-hydrogen) atoms. The summed E-state index contributed by atoms with van der Waals surface area (Å²) in [7, 11) is -3.33. The molecule has 2 heterocycles. The van der Waals surface area contributed by atoms with Crippen LogP contribution in [0.3, 0.4) is 0 Å². The minimum atomic E-state index is -4.77. The van der Waals surface area contributed by atoms with Crippen LogP contribution in [0.2, 0.25) is 0 Å². The molecule has 0 aliphatic carbocycles. The Hall–Kier alpha value is -3.67. The van der Waals surface area contributed by atoms with Crippen molar-refractivity contribution >= 4 is 9.84 Å². The second-order valence-corrected chi connectivity index (χ2v) is 9.18. The topological polar surface area (TPSA) is 100 Å². The molecule has 0 radical (unpaired) electrons. The molecule has 0 saturated carbocycles. The second-order valence-electron chi connectivity index (χ2n) is 7.16. The van der Waals surface area contributed by atoms with Gasteiger partial charge in [0, 0.05) is 11.8 Å². The lowest BCUT2D eigenvalue weighted by Crippen LogP contribution is -2.16. The highest BCUT2D eigenvalue weighted by Crippen LogP contribution is 2.28. The van der Waals surface area contributed by atoms with E-state index in [0.29, 0.717) is 17.1 Å². The zero-order chi connectivity index (χ0) is 23.8. The highest BCUT2D eigenvalue weighted by molar-refractivity contribution is 7.90. The first-order chi connectivity index (χ1) is 15.5. The molecule has 2 aromatic heterocycles. The van der Waals surface area contributed by atoms with Gasteiger partial charge in [0.2, 0.25) is 5.82 Å². The lowest BCUT2D eigenvalue weighted by atomic mass is 10.2. The van der Waals surface area contributed by atoms with Crippen LogP contribution in [0.5, 0.6) is 5.75 Å². The van der Waals surface area contributed by atoms with E-state index in [1.54, 1.807) is 29.8 Å². The van der Waals surface area contributed by atoms with Crippen molar-refractivity contribution in [2.45, 2.75) is 24.7 Å². The fraction of sp³-hybridized carbons (Fsp3) is 0.190. The van der Waals surface area contributed by atoms with E-state index in [4.69, 9.17) is 4.42 Å². The van der Waals surface area contributed by atoms with Gasteiger partial charge in [0.1, 0.15) is 11.6 Å². The number of hydrogen-bond donors (Lipinski definition) is 0. The van der Waals surface area contributed by atoms with Crippen molar-refractivity contribution < 1.29 is 30.7 Å². The van der Waals surface area contributed by atoms with Gasteiger partial charge < -0.3 is 9.15 Å². The fourth-order valence-electron chi connectivity index (χ4n) is 3.04. The van der Waals surface area contributed by atoms with E-state index in [9.17, 15) is 21.6 Å². The molecule has 8 nitrogen and oxygen atoms in total. The molecule has 0 aliphatic heterocycles. The first-order valence-corrected chi connectivity index (χ1v) is 11.4. The summed E-state index contributed by atoms with van der Waals surface area (Å²) in [5.74, 6) is 0.880. The lowest BCUT2D eigenvalue weighted by molar-refractivity contribution is -0.274. The normalized spacial score (nSPS) is 12.2. The third-order valence-corrected chi connectivity index (χ3v) is 5.70. The van der Waals surface area contributed by atoms with E-state index in [2.05, 4.69) is 19.8 Å². The van der Waals surface area contributed by atoms with E-state index < -0.39 is 16.2 Å². The Morgan fingerprint density at radius 1 is 1.12 bits per heavy atom.